The summed E-state index contributed by atoms with van der Waals surface area (Å²) in [5.74, 6) is -2.16. The van der Waals surface area contributed by atoms with Crippen LogP contribution in [-0.2, 0) is 22.7 Å². The second kappa shape index (κ2) is 9.86. The maximum Gasteiger partial charge on any atom is 0.416 e. The molecule has 3 rings (SSSR count). The molecule has 2 aromatic carbocycles. The summed E-state index contributed by atoms with van der Waals surface area (Å²) in [6.07, 6.45) is -1.99. The number of halogens is 5. The molecule has 1 atom stereocenters. The van der Waals surface area contributed by atoms with Crippen LogP contribution >= 0.6 is 11.6 Å². The molecule has 1 aliphatic rings. The van der Waals surface area contributed by atoms with Gasteiger partial charge in [0.25, 0.3) is 5.91 Å². The highest BCUT2D eigenvalue weighted by molar-refractivity contribution is 7.89. The van der Waals surface area contributed by atoms with Crippen molar-refractivity contribution < 1.29 is 35.5 Å². The lowest BCUT2D eigenvalue weighted by atomic mass is 10.1. The zero-order valence-electron chi connectivity index (χ0n) is 17.5. The Morgan fingerprint density at radius 1 is 1.24 bits per heavy atom. The quantitative estimate of drug-likeness (QED) is 0.566. The van der Waals surface area contributed by atoms with Crippen LogP contribution in [0.1, 0.15) is 34.3 Å². The topological polar surface area (TPSA) is 75.7 Å². The number of carbonyl (C=O) groups is 1. The Bertz CT molecular complexity index is 1120. The highest BCUT2D eigenvalue weighted by Crippen LogP contribution is 2.31. The van der Waals surface area contributed by atoms with Gasteiger partial charge in [-0.1, -0.05) is 23.7 Å². The van der Waals surface area contributed by atoms with Crippen LogP contribution < -0.4 is 9.46 Å². The van der Waals surface area contributed by atoms with Gasteiger partial charge in [0, 0.05) is 18.7 Å². The monoisotopic (exact) mass is 508 g/mol. The minimum atomic E-state index is -4.39. The number of benzene rings is 2. The summed E-state index contributed by atoms with van der Waals surface area (Å²) in [6, 6.07) is 6.79. The number of ether oxygens (including phenoxy) is 1. The van der Waals surface area contributed by atoms with Crippen molar-refractivity contribution in [2.75, 3.05) is 19.4 Å². The molecule has 1 unspecified atom stereocenters. The van der Waals surface area contributed by atoms with Crippen LogP contribution in [0.25, 0.3) is 0 Å². The molecule has 1 fully saturated rings. The van der Waals surface area contributed by atoms with E-state index < -0.39 is 39.1 Å². The van der Waals surface area contributed by atoms with E-state index in [1.54, 1.807) is 4.72 Å². The fourth-order valence-corrected chi connectivity index (χ4v) is 4.21. The van der Waals surface area contributed by atoms with Crippen LogP contribution in [0.4, 0.5) is 17.6 Å². The maximum absolute atomic E-state index is 14.4. The summed E-state index contributed by atoms with van der Waals surface area (Å²) in [7, 11) is -3.88. The van der Waals surface area contributed by atoms with Crippen LogP contribution in [0.2, 0.25) is 5.02 Å². The number of amides is 1. The summed E-state index contributed by atoms with van der Waals surface area (Å²) in [5.41, 5.74) is -0.527. The van der Waals surface area contributed by atoms with Gasteiger partial charge in [0.05, 0.1) is 22.4 Å². The minimum Gasteiger partial charge on any atom is -0.490 e. The molecule has 0 bridgehead atoms. The van der Waals surface area contributed by atoms with Gasteiger partial charge in [-0.25, -0.2) is 17.5 Å². The van der Waals surface area contributed by atoms with Crippen molar-refractivity contribution in [1.29, 1.82) is 0 Å². The van der Waals surface area contributed by atoms with E-state index >= 15 is 0 Å². The zero-order valence-corrected chi connectivity index (χ0v) is 19.0. The standard InChI is InChI=1S/C21H21ClF4N2O4S/c1-33(30,31)27-20(29)16-9-17(22)19(10-18(16)23)32-12-15-3-2-8-28(15)11-13-4-6-14(7-5-13)21(24,25)26/h4-7,9-10,15H,2-3,8,11-12H2,1H3,(H,27,29). The molecule has 1 aliphatic heterocycles. The fourth-order valence-electron chi connectivity index (χ4n) is 3.55. The van der Waals surface area contributed by atoms with Crippen LogP contribution in [0.3, 0.4) is 0 Å². The number of nitrogens with zero attached hydrogens (tertiary/aromatic N) is 1. The van der Waals surface area contributed by atoms with E-state index in [1.165, 1.54) is 12.1 Å². The first-order valence-electron chi connectivity index (χ1n) is 9.87. The molecule has 6 nitrogen and oxygen atoms in total. The Balaban J connectivity index is 1.64. The molecule has 1 amide bonds. The van der Waals surface area contributed by atoms with Crippen LogP contribution in [0.5, 0.6) is 5.75 Å². The second-order valence-corrected chi connectivity index (χ2v) is 9.89. The summed E-state index contributed by atoms with van der Waals surface area (Å²) >= 11 is 6.09. The lowest BCUT2D eigenvalue weighted by Crippen LogP contribution is -2.33. The predicted octanol–water partition coefficient (Wildman–Crippen LogP) is 4.23. The Morgan fingerprint density at radius 2 is 1.91 bits per heavy atom. The van der Waals surface area contributed by atoms with Gasteiger partial charge in [-0.2, -0.15) is 13.2 Å². The van der Waals surface area contributed by atoms with Crippen molar-refractivity contribution in [2.24, 2.45) is 0 Å². The van der Waals surface area contributed by atoms with Crippen LogP contribution in [0.15, 0.2) is 36.4 Å². The number of carbonyl (C=O) groups excluding carboxylic acids is 1. The number of rotatable bonds is 7. The molecule has 0 radical (unpaired) electrons. The summed E-state index contributed by atoms with van der Waals surface area (Å²) < 4.78 is 82.3. The van der Waals surface area contributed by atoms with Crippen molar-refractivity contribution in [1.82, 2.24) is 9.62 Å². The van der Waals surface area contributed by atoms with E-state index in [9.17, 15) is 30.8 Å². The molecule has 0 spiro atoms. The predicted molar refractivity (Wildman–Crippen MR) is 114 cm³/mol. The summed E-state index contributed by atoms with van der Waals surface area (Å²) in [6.45, 7) is 1.30. The Labute approximate surface area is 193 Å². The van der Waals surface area contributed by atoms with Crippen molar-refractivity contribution >= 4 is 27.5 Å². The smallest absolute Gasteiger partial charge is 0.416 e. The second-order valence-electron chi connectivity index (χ2n) is 7.74. The molecule has 12 heteroatoms. The Hall–Kier alpha value is -2.37. The van der Waals surface area contributed by atoms with Gasteiger partial charge >= 0.3 is 6.18 Å². The number of alkyl halides is 3. The largest absolute Gasteiger partial charge is 0.490 e. The number of likely N-dealkylation sites (tertiary alicyclic amines) is 1. The van der Waals surface area contributed by atoms with Gasteiger partial charge in [-0.05, 0) is 43.1 Å². The lowest BCUT2D eigenvalue weighted by Gasteiger charge is -2.25. The van der Waals surface area contributed by atoms with Crippen molar-refractivity contribution in [2.45, 2.75) is 31.6 Å². The fraction of sp³-hybridized carbons (Fsp3) is 0.381. The first-order chi connectivity index (χ1) is 15.3. The van der Waals surface area contributed by atoms with E-state index in [-0.39, 0.29) is 23.4 Å². The first-order valence-corrected chi connectivity index (χ1v) is 12.1. The molecule has 1 saturated heterocycles. The first kappa shape index (κ1) is 25.3. The Kier molecular flexibility index (Phi) is 7.55. The Morgan fingerprint density at radius 3 is 2.52 bits per heavy atom. The normalized spacial score (nSPS) is 17.2. The highest BCUT2D eigenvalue weighted by Gasteiger charge is 2.30. The number of sulfonamides is 1. The van der Waals surface area contributed by atoms with E-state index in [4.69, 9.17) is 16.3 Å². The number of hydrogen-bond acceptors (Lipinski definition) is 5. The lowest BCUT2D eigenvalue weighted by molar-refractivity contribution is -0.137. The van der Waals surface area contributed by atoms with Gasteiger partial charge < -0.3 is 4.74 Å². The third-order valence-corrected chi connectivity index (χ3v) is 5.99. The van der Waals surface area contributed by atoms with E-state index in [0.717, 1.165) is 55.5 Å². The molecular formula is C21H21ClF4N2O4S. The molecule has 1 heterocycles. The van der Waals surface area contributed by atoms with Crippen LogP contribution in [-0.4, -0.2) is 44.7 Å². The minimum absolute atomic E-state index is 0.00791. The average Bonchev–Trinajstić information content (AvgIpc) is 3.13. The summed E-state index contributed by atoms with van der Waals surface area (Å²) in [5, 5.41) is -0.0673. The molecule has 0 saturated carbocycles. The highest BCUT2D eigenvalue weighted by atomic mass is 35.5. The van der Waals surface area contributed by atoms with Gasteiger partial charge in [-0.3, -0.25) is 9.69 Å². The molecule has 33 heavy (non-hydrogen) atoms. The number of nitrogens with one attached hydrogen (secondary N) is 1. The molecule has 2 aromatic rings. The van der Waals surface area contributed by atoms with E-state index in [2.05, 4.69) is 4.90 Å². The third kappa shape index (κ3) is 6.81. The van der Waals surface area contributed by atoms with Gasteiger partial charge in [0.15, 0.2) is 0 Å². The van der Waals surface area contributed by atoms with Gasteiger partial charge in [0.2, 0.25) is 10.0 Å². The SMILES string of the molecule is CS(=O)(=O)NC(=O)c1cc(Cl)c(OCC2CCCN2Cc2ccc(C(F)(F)F)cc2)cc1F. The van der Waals surface area contributed by atoms with Crippen molar-refractivity contribution in [3.63, 3.8) is 0 Å². The summed E-state index contributed by atoms with van der Waals surface area (Å²) in [4.78, 5) is 14.0. The van der Waals surface area contributed by atoms with Gasteiger partial charge in [-0.15, -0.1) is 0 Å². The molecule has 0 aliphatic carbocycles. The molecular weight excluding hydrogens is 488 g/mol. The third-order valence-electron chi connectivity index (χ3n) is 5.14. The zero-order chi connectivity index (χ0) is 24.4. The maximum atomic E-state index is 14.4. The number of hydrogen-bond donors (Lipinski definition) is 1. The van der Waals surface area contributed by atoms with E-state index in [0.29, 0.717) is 6.54 Å². The average molecular weight is 509 g/mol. The van der Waals surface area contributed by atoms with E-state index in [1.807, 2.05) is 0 Å². The van der Waals surface area contributed by atoms with Crippen molar-refractivity contribution in [3.8, 4) is 5.75 Å². The molecule has 0 aromatic heterocycles. The van der Waals surface area contributed by atoms with Gasteiger partial charge in [0.1, 0.15) is 18.2 Å². The molecule has 1 N–H and O–H groups in total. The van der Waals surface area contributed by atoms with Crippen LogP contribution in [0, 0.1) is 5.82 Å². The molecule has 180 valence electrons. The van der Waals surface area contributed by atoms with Crippen molar-refractivity contribution in [3.05, 3.63) is 63.9 Å².